The second kappa shape index (κ2) is 6.77. The fourth-order valence-corrected chi connectivity index (χ4v) is 1.59. The van der Waals surface area contributed by atoms with Gasteiger partial charge in [0.1, 0.15) is 5.82 Å². The Morgan fingerprint density at radius 3 is 2.56 bits per heavy atom. The second-order valence-corrected chi connectivity index (χ2v) is 4.08. The number of terminal acetylenes is 1. The van der Waals surface area contributed by atoms with Crippen molar-refractivity contribution in [3.8, 4) is 12.3 Å². The van der Waals surface area contributed by atoms with Crippen LogP contribution in [-0.4, -0.2) is 18.5 Å². The average molecular weight is 248 g/mol. The summed E-state index contributed by atoms with van der Waals surface area (Å²) in [5.74, 6) is 1.92. The lowest BCUT2D eigenvalue weighted by atomic mass is 10.1. The van der Waals surface area contributed by atoms with Gasteiger partial charge in [0.15, 0.2) is 0 Å². The summed E-state index contributed by atoms with van der Waals surface area (Å²) in [5, 5.41) is 5.72. The lowest BCUT2D eigenvalue weighted by molar-refractivity contribution is -0.122. The van der Waals surface area contributed by atoms with Crippen LogP contribution in [-0.2, 0) is 4.79 Å². The van der Waals surface area contributed by atoms with E-state index < -0.39 is 0 Å². The number of amides is 1. The van der Waals surface area contributed by atoms with E-state index in [1.54, 1.807) is 19.1 Å². The largest absolute Gasteiger partial charge is 0.344 e. The van der Waals surface area contributed by atoms with Gasteiger partial charge in [0, 0.05) is 6.04 Å². The Kier molecular flexibility index (Phi) is 5.34. The molecule has 96 valence electrons. The lowest BCUT2D eigenvalue weighted by Crippen LogP contribution is -2.43. The fourth-order valence-electron chi connectivity index (χ4n) is 1.59. The molecule has 1 aromatic rings. The average Bonchev–Trinajstić information content (AvgIpc) is 2.36. The van der Waals surface area contributed by atoms with Gasteiger partial charge in [-0.25, -0.2) is 4.39 Å². The van der Waals surface area contributed by atoms with Gasteiger partial charge in [-0.05, 0) is 31.5 Å². The first kappa shape index (κ1) is 14.2. The van der Waals surface area contributed by atoms with Crippen LogP contribution in [0.25, 0.3) is 0 Å². The molecule has 0 aliphatic heterocycles. The van der Waals surface area contributed by atoms with Gasteiger partial charge in [0.2, 0.25) is 5.91 Å². The highest BCUT2D eigenvalue weighted by molar-refractivity contribution is 5.81. The molecule has 0 saturated heterocycles. The van der Waals surface area contributed by atoms with E-state index in [0.717, 1.165) is 5.56 Å². The molecule has 0 bridgehead atoms. The molecule has 3 nitrogen and oxygen atoms in total. The van der Waals surface area contributed by atoms with Gasteiger partial charge < -0.3 is 5.32 Å². The first-order valence-corrected chi connectivity index (χ1v) is 5.77. The van der Waals surface area contributed by atoms with Crippen molar-refractivity contribution in [1.82, 2.24) is 10.6 Å². The SMILES string of the molecule is C#CCNC(=O)C(C)N[C@@H](C)c1ccc(F)cc1. The predicted molar refractivity (Wildman–Crippen MR) is 69.3 cm³/mol. The number of rotatable bonds is 5. The van der Waals surface area contributed by atoms with E-state index >= 15 is 0 Å². The Morgan fingerprint density at radius 1 is 1.39 bits per heavy atom. The molecule has 1 amide bonds. The van der Waals surface area contributed by atoms with Crippen molar-refractivity contribution in [2.24, 2.45) is 0 Å². The van der Waals surface area contributed by atoms with Gasteiger partial charge in [-0.1, -0.05) is 18.1 Å². The third-order valence-electron chi connectivity index (χ3n) is 2.63. The maximum absolute atomic E-state index is 12.8. The van der Waals surface area contributed by atoms with Crippen LogP contribution in [0.5, 0.6) is 0 Å². The highest BCUT2D eigenvalue weighted by Gasteiger charge is 2.15. The van der Waals surface area contributed by atoms with Crippen molar-refractivity contribution in [3.63, 3.8) is 0 Å². The molecule has 0 heterocycles. The Balaban J connectivity index is 2.54. The highest BCUT2D eigenvalue weighted by atomic mass is 19.1. The van der Waals surface area contributed by atoms with Gasteiger partial charge in [0.25, 0.3) is 0 Å². The van der Waals surface area contributed by atoms with Crippen LogP contribution in [0.2, 0.25) is 0 Å². The molecule has 4 heteroatoms. The van der Waals surface area contributed by atoms with Crippen LogP contribution >= 0.6 is 0 Å². The minimum absolute atomic E-state index is 0.0443. The van der Waals surface area contributed by atoms with Crippen LogP contribution < -0.4 is 10.6 Å². The van der Waals surface area contributed by atoms with Gasteiger partial charge in [-0.3, -0.25) is 10.1 Å². The highest BCUT2D eigenvalue weighted by Crippen LogP contribution is 2.13. The molecule has 1 unspecified atom stereocenters. The second-order valence-electron chi connectivity index (χ2n) is 4.08. The molecular weight excluding hydrogens is 231 g/mol. The van der Waals surface area contributed by atoms with Gasteiger partial charge in [-0.2, -0.15) is 0 Å². The molecule has 2 atom stereocenters. The topological polar surface area (TPSA) is 41.1 Å². The molecule has 0 radical (unpaired) electrons. The molecule has 2 N–H and O–H groups in total. The summed E-state index contributed by atoms with van der Waals surface area (Å²) in [6, 6.07) is 5.78. The first-order chi connectivity index (χ1) is 8.54. The molecule has 0 aliphatic carbocycles. The van der Waals surface area contributed by atoms with Crippen LogP contribution in [0.1, 0.15) is 25.5 Å². The van der Waals surface area contributed by atoms with Crippen molar-refractivity contribution >= 4 is 5.91 Å². The van der Waals surface area contributed by atoms with E-state index in [0.29, 0.717) is 0 Å². The monoisotopic (exact) mass is 248 g/mol. The number of hydrogen-bond acceptors (Lipinski definition) is 2. The van der Waals surface area contributed by atoms with E-state index in [1.807, 2.05) is 6.92 Å². The van der Waals surface area contributed by atoms with Crippen molar-refractivity contribution in [1.29, 1.82) is 0 Å². The summed E-state index contributed by atoms with van der Waals surface area (Å²) in [6.07, 6.45) is 5.06. The third-order valence-corrected chi connectivity index (χ3v) is 2.63. The Bertz CT molecular complexity index is 436. The summed E-state index contributed by atoms with van der Waals surface area (Å²) in [4.78, 5) is 11.6. The fraction of sp³-hybridized carbons (Fsp3) is 0.357. The molecule has 18 heavy (non-hydrogen) atoms. The molecule has 1 aromatic carbocycles. The summed E-state index contributed by atoms with van der Waals surface area (Å²) in [6.45, 7) is 3.89. The molecule has 0 spiro atoms. The molecule has 1 rings (SSSR count). The standard InChI is InChI=1S/C14H17FN2O/c1-4-9-16-14(18)11(3)17-10(2)12-5-7-13(15)8-6-12/h1,5-8,10-11,17H,9H2,2-3H3,(H,16,18)/t10-,11?/m0/s1. The van der Waals surface area contributed by atoms with E-state index in [4.69, 9.17) is 6.42 Å². The number of benzene rings is 1. The van der Waals surface area contributed by atoms with Crippen LogP contribution in [0, 0.1) is 18.2 Å². The van der Waals surface area contributed by atoms with Gasteiger partial charge >= 0.3 is 0 Å². The van der Waals surface area contributed by atoms with Crippen LogP contribution in [0.15, 0.2) is 24.3 Å². The summed E-state index contributed by atoms with van der Waals surface area (Å²) in [7, 11) is 0. The summed E-state index contributed by atoms with van der Waals surface area (Å²) in [5.41, 5.74) is 0.924. The number of carbonyl (C=O) groups excluding carboxylic acids is 1. The zero-order valence-electron chi connectivity index (χ0n) is 10.5. The Labute approximate surface area is 107 Å². The van der Waals surface area contributed by atoms with Crippen molar-refractivity contribution < 1.29 is 9.18 Å². The minimum atomic E-state index is -0.363. The quantitative estimate of drug-likeness (QED) is 0.777. The molecule has 0 aliphatic rings. The zero-order valence-corrected chi connectivity index (χ0v) is 10.5. The maximum atomic E-state index is 12.8. The summed E-state index contributed by atoms with van der Waals surface area (Å²) >= 11 is 0. The molecular formula is C14H17FN2O. The number of carbonyl (C=O) groups is 1. The zero-order chi connectivity index (χ0) is 13.5. The van der Waals surface area contributed by atoms with E-state index in [1.165, 1.54) is 12.1 Å². The Morgan fingerprint density at radius 2 is 2.00 bits per heavy atom. The predicted octanol–water partition coefficient (Wildman–Crippen LogP) is 1.61. The number of hydrogen-bond donors (Lipinski definition) is 2. The molecule has 0 saturated carbocycles. The van der Waals surface area contributed by atoms with Crippen molar-refractivity contribution in [3.05, 3.63) is 35.6 Å². The van der Waals surface area contributed by atoms with Crippen molar-refractivity contribution in [2.45, 2.75) is 25.9 Å². The maximum Gasteiger partial charge on any atom is 0.237 e. The smallest absolute Gasteiger partial charge is 0.237 e. The van der Waals surface area contributed by atoms with Gasteiger partial charge in [0.05, 0.1) is 12.6 Å². The number of halogens is 1. The minimum Gasteiger partial charge on any atom is -0.344 e. The van der Waals surface area contributed by atoms with E-state index in [9.17, 15) is 9.18 Å². The van der Waals surface area contributed by atoms with Crippen molar-refractivity contribution in [2.75, 3.05) is 6.54 Å². The summed E-state index contributed by atoms with van der Waals surface area (Å²) < 4.78 is 12.8. The first-order valence-electron chi connectivity index (χ1n) is 5.77. The van der Waals surface area contributed by atoms with Crippen LogP contribution in [0.3, 0.4) is 0 Å². The molecule has 0 fully saturated rings. The van der Waals surface area contributed by atoms with E-state index in [2.05, 4.69) is 16.6 Å². The number of nitrogens with one attached hydrogen (secondary N) is 2. The Hall–Kier alpha value is -1.86. The third kappa shape index (κ3) is 4.19. The van der Waals surface area contributed by atoms with E-state index in [-0.39, 0.29) is 30.4 Å². The van der Waals surface area contributed by atoms with Gasteiger partial charge in [-0.15, -0.1) is 6.42 Å². The van der Waals surface area contributed by atoms with Crippen LogP contribution in [0.4, 0.5) is 4.39 Å². The normalized spacial score (nSPS) is 13.4. The molecule has 0 aromatic heterocycles. The lowest BCUT2D eigenvalue weighted by Gasteiger charge is -2.19.